The van der Waals surface area contributed by atoms with Gasteiger partial charge >= 0.3 is 0 Å². The van der Waals surface area contributed by atoms with Gasteiger partial charge in [-0.3, -0.25) is 14.9 Å². The topological polar surface area (TPSA) is 63.5 Å². The van der Waals surface area contributed by atoms with Crippen LogP contribution in [0.2, 0.25) is 10.0 Å². The summed E-state index contributed by atoms with van der Waals surface area (Å²) in [5.74, 6) is 0.135. The van der Waals surface area contributed by atoms with Crippen LogP contribution in [0.3, 0.4) is 0 Å². The molecule has 3 rings (SSSR count). The van der Waals surface area contributed by atoms with Gasteiger partial charge in [0.2, 0.25) is 5.91 Å². The number of amides is 1. The molecule has 0 atom stereocenters. The highest BCUT2D eigenvalue weighted by molar-refractivity contribution is 8.00. The molecule has 0 unspecified atom stereocenters. The lowest BCUT2D eigenvalue weighted by Crippen LogP contribution is -2.34. The summed E-state index contributed by atoms with van der Waals surface area (Å²) in [6.45, 7) is 0.526. The number of halogens is 2. The van der Waals surface area contributed by atoms with Crippen LogP contribution < -0.4 is 0 Å². The maximum Gasteiger partial charge on any atom is 0.274 e. The number of para-hydroxylation sites is 1. The highest BCUT2D eigenvalue weighted by Crippen LogP contribution is 2.24. The van der Waals surface area contributed by atoms with Gasteiger partial charge in [0.1, 0.15) is 0 Å². The zero-order valence-corrected chi connectivity index (χ0v) is 18.9. The predicted molar refractivity (Wildman–Crippen MR) is 126 cm³/mol. The molecule has 0 aromatic heterocycles. The molecule has 0 fully saturated rings. The number of hydrogen-bond donors (Lipinski definition) is 0. The van der Waals surface area contributed by atoms with Gasteiger partial charge in [-0.15, -0.1) is 11.8 Å². The average molecular weight is 475 g/mol. The van der Waals surface area contributed by atoms with Crippen molar-refractivity contribution in [2.45, 2.75) is 17.9 Å². The maximum absolute atomic E-state index is 13.0. The molecule has 3 aromatic carbocycles. The molecule has 0 radical (unpaired) electrons. The largest absolute Gasteiger partial charge is 0.337 e. The molecule has 0 heterocycles. The Morgan fingerprint density at radius 3 is 2.39 bits per heavy atom. The van der Waals surface area contributed by atoms with Crippen LogP contribution in [0, 0.1) is 10.1 Å². The van der Waals surface area contributed by atoms with Gasteiger partial charge < -0.3 is 4.90 Å². The van der Waals surface area contributed by atoms with E-state index in [1.54, 1.807) is 35.2 Å². The average Bonchev–Trinajstić information content (AvgIpc) is 2.77. The van der Waals surface area contributed by atoms with E-state index in [4.69, 9.17) is 23.2 Å². The lowest BCUT2D eigenvalue weighted by molar-refractivity contribution is -0.385. The van der Waals surface area contributed by atoms with Crippen LogP contribution >= 0.6 is 35.0 Å². The molecule has 0 spiro atoms. The summed E-state index contributed by atoms with van der Waals surface area (Å²) >= 11 is 13.7. The third kappa shape index (κ3) is 6.72. The molecule has 3 aromatic rings. The van der Waals surface area contributed by atoms with E-state index in [9.17, 15) is 14.9 Å². The van der Waals surface area contributed by atoms with Crippen LogP contribution in [0.25, 0.3) is 0 Å². The normalized spacial score (nSPS) is 10.6. The first-order valence-corrected chi connectivity index (χ1v) is 11.3. The molecule has 0 N–H and O–H groups in total. The molecule has 1 amide bonds. The molecular weight excluding hydrogens is 455 g/mol. The van der Waals surface area contributed by atoms with E-state index >= 15 is 0 Å². The quantitative estimate of drug-likeness (QED) is 0.208. The second-order valence-electron chi connectivity index (χ2n) is 6.79. The van der Waals surface area contributed by atoms with E-state index in [1.165, 1.54) is 17.8 Å². The highest BCUT2D eigenvalue weighted by Gasteiger charge is 2.20. The second kappa shape index (κ2) is 11.2. The monoisotopic (exact) mass is 474 g/mol. The van der Waals surface area contributed by atoms with E-state index < -0.39 is 4.92 Å². The first kappa shape index (κ1) is 23.1. The van der Waals surface area contributed by atoms with Gasteiger partial charge in [0, 0.05) is 33.1 Å². The number of rotatable bonds is 9. The smallest absolute Gasteiger partial charge is 0.274 e. The zero-order valence-electron chi connectivity index (χ0n) is 16.5. The molecule has 0 aliphatic carbocycles. The second-order valence-corrected chi connectivity index (χ2v) is 8.68. The standard InChI is InChI=1S/C23H20Cl2N2O3S/c24-19-11-10-17(21(25)14-19)12-13-26(15-18-6-4-5-9-22(18)27(29)30)23(28)16-31-20-7-2-1-3-8-20/h1-11,14H,12-13,15-16H2. The molecule has 5 nitrogen and oxygen atoms in total. The van der Waals surface area contributed by atoms with Gasteiger partial charge in [-0.2, -0.15) is 0 Å². The molecule has 31 heavy (non-hydrogen) atoms. The van der Waals surface area contributed by atoms with Crippen LogP contribution in [0.1, 0.15) is 11.1 Å². The fourth-order valence-corrected chi connectivity index (χ4v) is 4.38. The minimum absolute atomic E-state index is 0.000498. The van der Waals surface area contributed by atoms with Gasteiger partial charge in [-0.1, -0.05) is 65.7 Å². The number of carbonyl (C=O) groups excluding carboxylic acids is 1. The van der Waals surface area contributed by atoms with Gasteiger partial charge in [0.25, 0.3) is 5.69 Å². The van der Waals surface area contributed by atoms with E-state index in [2.05, 4.69) is 0 Å². The van der Waals surface area contributed by atoms with Crippen molar-refractivity contribution in [2.24, 2.45) is 0 Å². The van der Waals surface area contributed by atoms with Crippen molar-refractivity contribution in [3.63, 3.8) is 0 Å². The van der Waals surface area contributed by atoms with E-state index in [0.717, 1.165) is 10.5 Å². The number of carbonyl (C=O) groups is 1. The van der Waals surface area contributed by atoms with Crippen LogP contribution in [0.4, 0.5) is 5.69 Å². The first-order chi connectivity index (χ1) is 14.9. The van der Waals surface area contributed by atoms with Crippen molar-refractivity contribution in [3.05, 3.63) is 104 Å². The number of nitro benzene ring substituents is 1. The van der Waals surface area contributed by atoms with Crippen molar-refractivity contribution in [1.29, 1.82) is 0 Å². The maximum atomic E-state index is 13.0. The highest BCUT2D eigenvalue weighted by atomic mass is 35.5. The number of benzene rings is 3. The van der Waals surface area contributed by atoms with E-state index in [0.29, 0.717) is 28.6 Å². The third-order valence-electron chi connectivity index (χ3n) is 4.67. The van der Waals surface area contributed by atoms with Gasteiger partial charge in [0.05, 0.1) is 17.2 Å². The summed E-state index contributed by atoms with van der Waals surface area (Å²) in [6.07, 6.45) is 0.512. The predicted octanol–water partition coefficient (Wildman–Crippen LogP) is 6.27. The molecule has 8 heteroatoms. The number of hydrogen-bond acceptors (Lipinski definition) is 4. The van der Waals surface area contributed by atoms with Gasteiger partial charge in [0.15, 0.2) is 0 Å². The Labute approximate surface area is 195 Å². The Morgan fingerprint density at radius 1 is 0.968 bits per heavy atom. The molecule has 0 saturated carbocycles. The number of nitrogens with zero attached hydrogens (tertiary/aromatic N) is 2. The van der Waals surface area contributed by atoms with Gasteiger partial charge in [-0.05, 0) is 36.2 Å². The number of nitro groups is 1. The zero-order chi connectivity index (χ0) is 22.2. The molecular formula is C23H20Cl2N2O3S. The Bertz CT molecular complexity index is 1060. The Balaban J connectivity index is 1.77. The van der Waals surface area contributed by atoms with Crippen LogP contribution in [0.5, 0.6) is 0 Å². The number of thioether (sulfide) groups is 1. The first-order valence-electron chi connectivity index (χ1n) is 9.56. The summed E-state index contributed by atoms with van der Waals surface area (Å²) in [4.78, 5) is 26.7. The minimum Gasteiger partial charge on any atom is -0.337 e. The van der Waals surface area contributed by atoms with E-state index in [-0.39, 0.29) is 23.9 Å². The Morgan fingerprint density at radius 2 is 1.68 bits per heavy atom. The molecule has 0 saturated heterocycles. The summed E-state index contributed by atoms with van der Waals surface area (Å²) in [6, 6.07) is 21.4. The summed E-state index contributed by atoms with van der Waals surface area (Å²) in [5.41, 5.74) is 1.36. The van der Waals surface area contributed by atoms with Crippen molar-refractivity contribution in [1.82, 2.24) is 4.90 Å². The molecule has 0 aliphatic heterocycles. The van der Waals surface area contributed by atoms with E-state index in [1.807, 2.05) is 36.4 Å². The van der Waals surface area contributed by atoms with Crippen molar-refractivity contribution in [3.8, 4) is 0 Å². The third-order valence-corrected chi connectivity index (χ3v) is 6.26. The van der Waals surface area contributed by atoms with Crippen LogP contribution in [-0.4, -0.2) is 28.0 Å². The lowest BCUT2D eigenvalue weighted by Gasteiger charge is -2.23. The van der Waals surface area contributed by atoms with Crippen molar-refractivity contribution >= 4 is 46.6 Å². The summed E-state index contributed by atoms with van der Waals surface area (Å²) in [7, 11) is 0. The fraction of sp³-hybridized carbons (Fsp3) is 0.174. The summed E-state index contributed by atoms with van der Waals surface area (Å²) in [5, 5.41) is 12.5. The Hall–Kier alpha value is -2.54. The minimum atomic E-state index is -0.424. The van der Waals surface area contributed by atoms with Crippen molar-refractivity contribution < 1.29 is 9.72 Å². The van der Waals surface area contributed by atoms with Gasteiger partial charge in [-0.25, -0.2) is 0 Å². The Kier molecular flexibility index (Phi) is 8.35. The van der Waals surface area contributed by atoms with Crippen LogP contribution in [0.15, 0.2) is 77.7 Å². The molecule has 0 bridgehead atoms. The van der Waals surface area contributed by atoms with Crippen LogP contribution in [-0.2, 0) is 17.8 Å². The molecule has 160 valence electrons. The molecule has 0 aliphatic rings. The summed E-state index contributed by atoms with van der Waals surface area (Å²) < 4.78 is 0. The SMILES string of the molecule is O=C(CSc1ccccc1)N(CCc1ccc(Cl)cc1Cl)Cc1ccccc1[N+](=O)[O-]. The lowest BCUT2D eigenvalue weighted by atomic mass is 10.1. The van der Waals surface area contributed by atoms with Crippen molar-refractivity contribution in [2.75, 3.05) is 12.3 Å². The fourth-order valence-electron chi connectivity index (χ4n) is 3.05.